The molecule has 2 N–H and O–H groups in total. The number of nitrogens with two attached hydrogens (primary N) is 1. The maximum Gasteiger partial charge on any atom is 0.254 e. The first-order valence-electron chi connectivity index (χ1n) is 6.81. The molecule has 0 radical (unpaired) electrons. The number of amides is 1. The number of methoxy groups -OCH3 is 1. The summed E-state index contributed by atoms with van der Waals surface area (Å²) in [5.41, 5.74) is 8.39. The van der Waals surface area contributed by atoms with E-state index in [0.717, 1.165) is 11.1 Å². The van der Waals surface area contributed by atoms with Gasteiger partial charge >= 0.3 is 0 Å². The average Bonchev–Trinajstić information content (AvgIpc) is 2.54. The summed E-state index contributed by atoms with van der Waals surface area (Å²) in [5, 5.41) is 0. The minimum Gasteiger partial charge on any atom is -0.497 e. The van der Waals surface area contributed by atoms with Gasteiger partial charge in [-0.1, -0.05) is 30.3 Å². The van der Waals surface area contributed by atoms with Gasteiger partial charge in [-0.3, -0.25) is 4.79 Å². The summed E-state index contributed by atoms with van der Waals surface area (Å²) in [7, 11) is 3.38. The van der Waals surface area contributed by atoms with E-state index in [9.17, 15) is 4.79 Å². The second-order valence-corrected chi connectivity index (χ2v) is 4.92. The Hall–Kier alpha value is -2.33. The van der Waals surface area contributed by atoms with Crippen LogP contribution in [-0.2, 0) is 13.1 Å². The molecule has 0 aliphatic rings. The van der Waals surface area contributed by atoms with Crippen molar-refractivity contribution in [1.29, 1.82) is 0 Å². The zero-order valence-corrected chi connectivity index (χ0v) is 12.4. The molecule has 2 aromatic rings. The van der Waals surface area contributed by atoms with E-state index in [1.54, 1.807) is 31.2 Å². The molecular weight excluding hydrogens is 264 g/mol. The maximum atomic E-state index is 12.4. The number of nitrogens with zero attached hydrogens (tertiary/aromatic N) is 1. The highest BCUT2D eigenvalue weighted by Crippen LogP contribution is 2.15. The fraction of sp³-hybridized carbons (Fsp3) is 0.235. The van der Waals surface area contributed by atoms with E-state index in [4.69, 9.17) is 10.5 Å². The second kappa shape index (κ2) is 6.90. The fourth-order valence-corrected chi connectivity index (χ4v) is 2.18. The standard InChI is InChI=1S/C17H20N2O2/c1-19(12-14-6-3-5-13(9-14)11-18)17(20)15-7-4-8-16(10-15)21-2/h3-10H,11-12,18H2,1-2H3. The molecule has 1 amide bonds. The number of hydrogen-bond acceptors (Lipinski definition) is 3. The van der Waals surface area contributed by atoms with Crippen LogP contribution in [0.5, 0.6) is 5.75 Å². The van der Waals surface area contributed by atoms with E-state index in [-0.39, 0.29) is 5.91 Å². The summed E-state index contributed by atoms with van der Waals surface area (Å²) in [6.45, 7) is 1.05. The van der Waals surface area contributed by atoms with Crippen LogP contribution in [0.2, 0.25) is 0 Å². The van der Waals surface area contributed by atoms with Gasteiger partial charge in [0.15, 0.2) is 0 Å². The van der Waals surface area contributed by atoms with Gasteiger partial charge in [-0.2, -0.15) is 0 Å². The number of ether oxygens (including phenoxy) is 1. The first kappa shape index (κ1) is 15.1. The van der Waals surface area contributed by atoms with Crippen LogP contribution in [-0.4, -0.2) is 25.0 Å². The maximum absolute atomic E-state index is 12.4. The van der Waals surface area contributed by atoms with E-state index < -0.39 is 0 Å². The smallest absolute Gasteiger partial charge is 0.254 e. The van der Waals surface area contributed by atoms with Crippen LogP contribution in [0.4, 0.5) is 0 Å². The van der Waals surface area contributed by atoms with E-state index in [1.165, 1.54) is 0 Å². The van der Waals surface area contributed by atoms with Crippen LogP contribution in [0.15, 0.2) is 48.5 Å². The molecule has 0 saturated heterocycles. The topological polar surface area (TPSA) is 55.6 Å². The predicted molar refractivity (Wildman–Crippen MR) is 83.1 cm³/mol. The molecule has 110 valence electrons. The molecule has 0 atom stereocenters. The second-order valence-electron chi connectivity index (χ2n) is 4.92. The van der Waals surface area contributed by atoms with Crippen molar-refractivity contribution in [1.82, 2.24) is 4.90 Å². The lowest BCUT2D eigenvalue weighted by atomic mass is 10.1. The number of hydrogen-bond donors (Lipinski definition) is 1. The van der Waals surface area contributed by atoms with E-state index in [0.29, 0.717) is 24.4 Å². The Bertz CT molecular complexity index is 626. The van der Waals surface area contributed by atoms with Crippen molar-refractivity contribution in [2.75, 3.05) is 14.2 Å². The van der Waals surface area contributed by atoms with Gasteiger partial charge in [-0.25, -0.2) is 0 Å². The van der Waals surface area contributed by atoms with Crippen LogP contribution in [0, 0.1) is 0 Å². The first-order valence-corrected chi connectivity index (χ1v) is 6.81. The van der Waals surface area contributed by atoms with Gasteiger partial charge in [0.05, 0.1) is 7.11 Å². The molecule has 21 heavy (non-hydrogen) atoms. The van der Waals surface area contributed by atoms with Crippen molar-refractivity contribution >= 4 is 5.91 Å². The minimum atomic E-state index is -0.0351. The molecule has 4 heteroatoms. The molecule has 2 aromatic carbocycles. The summed E-state index contributed by atoms with van der Waals surface area (Å²) in [5.74, 6) is 0.645. The number of carbonyl (C=O) groups is 1. The molecule has 0 aromatic heterocycles. The van der Waals surface area contributed by atoms with E-state index in [1.807, 2.05) is 36.4 Å². The molecule has 0 saturated carbocycles. The van der Waals surface area contributed by atoms with Crippen molar-refractivity contribution in [3.05, 3.63) is 65.2 Å². The molecule has 0 fully saturated rings. The van der Waals surface area contributed by atoms with Gasteiger partial charge in [0, 0.05) is 25.7 Å². The normalized spacial score (nSPS) is 10.2. The Kier molecular flexibility index (Phi) is 4.95. The third kappa shape index (κ3) is 3.83. The van der Waals surface area contributed by atoms with Gasteiger partial charge in [0.25, 0.3) is 5.91 Å². The van der Waals surface area contributed by atoms with Gasteiger partial charge in [-0.15, -0.1) is 0 Å². The van der Waals surface area contributed by atoms with Crippen LogP contribution < -0.4 is 10.5 Å². The summed E-state index contributed by atoms with van der Waals surface area (Å²) in [4.78, 5) is 14.1. The molecular formula is C17H20N2O2. The highest BCUT2D eigenvalue weighted by molar-refractivity contribution is 5.94. The molecule has 4 nitrogen and oxygen atoms in total. The average molecular weight is 284 g/mol. The van der Waals surface area contributed by atoms with E-state index >= 15 is 0 Å². The van der Waals surface area contributed by atoms with Crippen LogP contribution in [0.25, 0.3) is 0 Å². The Labute approximate surface area is 125 Å². The number of benzene rings is 2. The molecule has 0 unspecified atom stereocenters. The van der Waals surface area contributed by atoms with Gasteiger partial charge in [-0.05, 0) is 29.3 Å². The fourth-order valence-electron chi connectivity index (χ4n) is 2.18. The van der Waals surface area contributed by atoms with Crippen molar-refractivity contribution in [3.63, 3.8) is 0 Å². The third-order valence-corrected chi connectivity index (χ3v) is 3.31. The van der Waals surface area contributed by atoms with Crippen molar-refractivity contribution in [3.8, 4) is 5.75 Å². The zero-order chi connectivity index (χ0) is 15.2. The molecule has 0 aliphatic carbocycles. The Morgan fingerprint density at radius 2 is 1.86 bits per heavy atom. The van der Waals surface area contributed by atoms with E-state index in [2.05, 4.69) is 0 Å². The Morgan fingerprint density at radius 3 is 2.57 bits per heavy atom. The molecule has 0 heterocycles. The van der Waals surface area contributed by atoms with Gasteiger partial charge in [0.1, 0.15) is 5.75 Å². The molecule has 0 aliphatic heterocycles. The van der Waals surface area contributed by atoms with Crippen molar-refractivity contribution < 1.29 is 9.53 Å². The Morgan fingerprint density at radius 1 is 1.14 bits per heavy atom. The van der Waals surface area contributed by atoms with Crippen LogP contribution >= 0.6 is 0 Å². The van der Waals surface area contributed by atoms with Gasteiger partial charge < -0.3 is 15.4 Å². The monoisotopic (exact) mass is 284 g/mol. The minimum absolute atomic E-state index is 0.0351. The molecule has 0 bridgehead atoms. The Balaban J connectivity index is 2.11. The molecule has 0 spiro atoms. The quantitative estimate of drug-likeness (QED) is 0.917. The molecule has 2 rings (SSSR count). The lowest BCUT2D eigenvalue weighted by Crippen LogP contribution is -2.26. The van der Waals surface area contributed by atoms with Crippen molar-refractivity contribution in [2.45, 2.75) is 13.1 Å². The summed E-state index contributed by atoms with van der Waals surface area (Å²) >= 11 is 0. The summed E-state index contributed by atoms with van der Waals surface area (Å²) in [6, 6.07) is 15.1. The van der Waals surface area contributed by atoms with Gasteiger partial charge in [0.2, 0.25) is 0 Å². The lowest BCUT2D eigenvalue weighted by molar-refractivity contribution is 0.0784. The largest absolute Gasteiger partial charge is 0.497 e. The third-order valence-electron chi connectivity index (χ3n) is 3.31. The summed E-state index contributed by atoms with van der Waals surface area (Å²) < 4.78 is 5.15. The summed E-state index contributed by atoms with van der Waals surface area (Å²) in [6.07, 6.45) is 0. The SMILES string of the molecule is COc1cccc(C(=O)N(C)Cc2cccc(CN)c2)c1. The number of rotatable bonds is 5. The predicted octanol–water partition coefficient (Wildman–Crippen LogP) is 2.43. The van der Waals surface area contributed by atoms with Crippen molar-refractivity contribution in [2.24, 2.45) is 5.73 Å². The highest BCUT2D eigenvalue weighted by atomic mass is 16.5. The van der Waals surface area contributed by atoms with Crippen LogP contribution in [0.1, 0.15) is 21.5 Å². The number of carbonyl (C=O) groups excluding carboxylic acids is 1. The highest BCUT2D eigenvalue weighted by Gasteiger charge is 2.12. The zero-order valence-electron chi connectivity index (χ0n) is 12.4. The van der Waals surface area contributed by atoms with Crippen LogP contribution in [0.3, 0.4) is 0 Å². The first-order chi connectivity index (χ1) is 10.1. The lowest BCUT2D eigenvalue weighted by Gasteiger charge is -2.18.